The fourth-order valence-electron chi connectivity index (χ4n) is 1.68. The highest BCUT2D eigenvalue weighted by Crippen LogP contribution is 2.26. The van der Waals surface area contributed by atoms with E-state index in [0.29, 0.717) is 15.8 Å². The molecule has 3 aromatic rings. The van der Waals surface area contributed by atoms with E-state index in [1.165, 1.54) is 23.1 Å². The number of nitrogens with one attached hydrogen (secondary N) is 1. The van der Waals surface area contributed by atoms with Crippen LogP contribution in [0.3, 0.4) is 0 Å². The molecule has 3 N–H and O–H groups in total. The van der Waals surface area contributed by atoms with Crippen LogP contribution in [0.5, 0.6) is 0 Å². The van der Waals surface area contributed by atoms with Crippen LogP contribution in [-0.4, -0.2) is 25.4 Å². The Morgan fingerprint density at radius 3 is 2.91 bits per heavy atom. The molecule has 0 aliphatic carbocycles. The summed E-state index contributed by atoms with van der Waals surface area (Å²) in [5.41, 5.74) is 6.35. The van der Waals surface area contributed by atoms with E-state index in [1.54, 1.807) is 29.9 Å². The maximum absolute atomic E-state index is 12.2. The Kier molecular flexibility index (Phi) is 4.07. The first-order chi connectivity index (χ1) is 10.6. The third-order valence-electron chi connectivity index (χ3n) is 2.74. The van der Waals surface area contributed by atoms with Crippen LogP contribution in [0.15, 0.2) is 46.3 Å². The van der Waals surface area contributed by atoms with E-state index in [4.69, 9.17) is 5.73 Å². The van der Waals surface area contributed by atoms with Gasteiger partial charge in [-0.1, -0.05) is 0 Å². The fraction of sp³-hybridized carbons (Fsp3) is 0.0769. The number of nitrogens with two attached hydrogens (primary N) is 1. The molecule has 0 saturated heterocycles. The number of rotatable bonds is 4. The molecular weight excluding hydrogens is 320 g/mol. The average Bonchev–Trinajstić information content (AvgIpc) is 3.13. The Morgan fingerprint density at radius 2 is 2.23 bits per heavy atom. The van der Waals surface area contributed by atoms with Crippen LogP contribution in [0, 0.1) is 0 Å². The van der Waals surface area contributed by atoms with Crippen LogP contribution in [-0.2, 0) is 7.05 Å². The van der Waals surface area contributed by atoms with Crippen molar-refractivity contribution in [2.24, 2.45) is 7.05 Å². The standard InChI is InChI=1S/C13H12N6OS2/c1-19-6-4-16-13(19)22-9-3-2-8(14)10(17-9)11(20)18-12-15-5-7-21-12/h2-7H,14H2,1H3,(H,15,18,20). The molecule has 0 atom stereocenters. The number of hydrogen-bond donors (Lipinski definition) is 2. The van der Waals surface area contributed by atoms with Crippen LogP contribution >= 0.6 is 23.1 Å². The van der Waals surface area contributed by atoms with Crippen molar-refractivity contribution >= 4 is 39.8 Å². The molecule has 0 bridgehead atoms. The van der Waals surface area contributed by atoms with E-state index in [1.807, 2.05) is 17.8 Å². The smallest absolute Gasteiger partial charge is 0.278 e. The van der Waals surface area contributed by atoms with Gasteiger partial charge in [0.1, 0.15) is 5.03 Å². The predicted molar refractivity (Wildman–Crippen MR) is 86.0 cm³/mol. The number of nitrogen functional groups attached to an aromatic ring is 1. The third-order valence-corrected chi connectivity index (χ3v) is 4.44. The molecule has 0 spiro atoms. The number of thiazole rings is 1. The summed E-state index contributed by atoms with van der Waals surface area (Å²) in [7, 11) is 1.89. The number of carbonyl (C=O) groups excluding carboxylic acids is 1. The van der Waals surface area contributed by atoms with Gasteiger partial charge >= 0.3 is 0 Å². The van der Waals surface area contributed by atoms with Crippen molar-refractivity contribution in [2.75, 3.05) is 11.1 Å². The van der Waals surface area contributed by atoms with Gasteiger partial charge in [0.2, 0.25) is 0 Å². The second-order valence-electron chi connectivity index (χ2n) is 4.30. The molecule has 0 fully saturated rings. The van der Waals surface area contributed by atoms with E-state index < -0.39 is 0 Å². The minimum atomic E-state index is -0.380. The number of nitrogens with zero attached hydrogens (tertiary/aromatic N) is 4. The molecule has 0 aliphatic rings. The van der Waals surface area contributed by atoms with E-state index in [-0.39, 0.29) is 11.6 Å². The molecule has 9 heteroatoms. The van der Waals surface area contributed by atoms with Crippen LogP contribution in [0.1, 0.15) is 10.5 Å². The van der Waals surface area contributed by atoms with Crippen molar-refractivity contribution in [3.8, 4) is 0 Å². The maximum Gasteiger partial charge on any atom is 0.278 e. The molecule has 112 valence electrons. The summed E-state index contributed by atoms with van der Waals surface area (Å²) in [6.45, 7) is 0. The Labute approximate surface area is 134 Å². The van der Waals surface area contributed by atoms with E-state index >= 15 is 0 Å². The summed E-state index contributed by atoms with van der Waals surface area (Å²) in [4.78, 5) is 24.8. The first-order valence-electron chi connectivity index (χ1n) is 6.26. The van der Waals surface area contributed by atoms with Crippen LogP contribution < -0.4 is 11.1 Å². The minimum Gasteiger partial charge on any atom is -0.397 e. The SMILES string of the molecule is Cn1ccnc1Sc1ccc(N)c(C(=O)Nc2nccs2)n1. The van der Waals surface area contributed by atoms with Gasteiger partial charge in [0, 0.05) is 31.0 Å². The molecule has 1 amide bonds. The van der Waals surface area contributed by atoms with Gasteiger partial charge in [-0.05, 0) is 23.9 Å². The zero-order valence-corrected chi connectivity index (χ0v) is 13.2. The number of imidazole rings is 1. The van der Waals surface area contributed by atoms with Crippen molar-refractivity contribution in [1.29, 1.82) is 0 Å². The van der Waals surface area contributed by atoms with Crippen molar-refractivity contribution in [3.05, 3.63) is 41.8 Å². The molecular formula is C13H12N6OS2. The first-order valence-corrected chi connectivity index (χ1v) is 7.95. The Bertz CT molecular complexity index is 799. The monoisotopic (exact) mass is 332 g/mol. The quantitative estimate of drug-likeness (QED) is 0.760. The average molecular weight is 332 g/mol. The number of anilines is 2. The molecule has 0 aliphatic heterocycles. The summed E-state index contributed by atoms with van der Waals surface area (Å²) in [5, 5.41) is 6.38. The van der Waals surface area contributed by atoms with Crippen LogP contribution in [0.4, 0.5) is 10.8 Å². The third kappa shape index (κ3) is 3.10. The van der Waals surface area contributed by atoms with Crippen molar-refractivity contribution < 1.29 is 4.79 Å². The summed E-state index contributed by atoms with van der Waals surface area (Å²) in [6, 6.07) is 3.42. The number of hydrogen-bond acceptors (Lipinski definition) is 7. The van der Waals surface area contributed by atoms with Crippen molar-refractivity contribution in [3.63, 3.8) is 0 Å². The molecule has 22 heavy (non-hydrogen) atoms. The maximum atomic E-state index is 12.2. The molecule has 0 aromatic carbocycles. The van der Waals surface area contributed by atoms with Gasteiger partial charge in [-0.15, -0.1) is 11.3 Å². The second kappa shape index (κ2) is 6.16. The van der Waals surface area contributed by atoms with Gasteiger partial charge in [0.05, 0.1) is 5.69 Å². The molecule has 3 rings (SSSR count). The van der Waals surface area contributed by atoms with Gasteiger partial charge in [-0.2, -0.15) is 0 Å². The Hall–Kier alpha value is -2.39. The van der Waals surface area contributed by atoms with Gasteiger partial charge in [0.25, 0.3) is 5.91 Å². The zero-order valence-electron chi connectivity index (χ0n) is 11.6. The lowest BCUT2D eigenvalue weighted by molar-refractivity contribution is 0.102. The highest BCUT2D eigenvalue weighted by molar-refractivity contribution is 7.99. The Morgan fingerprint density at radius 1 is 1.36 bits per heavy atom. The first kappa shape index (κ1) is 14.5. The number of aromatic nitrogens is 4. The second-order valence-corrected chi connectivity index (χ2v) is 6.18. The van der Waals surface area contributed by atoms with Crippen LogP contribution in [0.25, 0.3) is 0 Å². The summed E-state index contributed by atoms with van der Waals surface area (Å²) < 4.78 is 1.87. The summed E-state index contributed by atoms with van der Waals surface area (Å²) >= 11 is 2.69. The fourth-order valence-corrected chi connectivity index (χ4v) is 2.98. The van der Waals surface area contributed by atoms with Crippen LogP contribution in [0.2, 0.25) is 0 Å². The van der Waals surface area contributed by atoms with Gasteiger partial charge in [0.15, 0.2) is 16.0 Å². The van der Waals surface area contributed by atoms with Gasteiger partial charge < -0.3 is 10.3 Å². The summed E-state index contributed by atoms with van der Waals surface area (Å²) in [6.07, 6.45) is 5.16. The molecule has 0 unspecified atom stereocenters. The van der Waals surface area contributed by atoms with Crippen molar-refractivity contribution in [1.82, 2.24) is 19.5 Å². The predicted octanol–water partition coefficient (Wildman–Crippen LogP) is 2.26. The van der Waals surface area contributed by atoms with Crippen molar-refractivity contribution in [2.45, 2.75) is 10.2 Å². The summed E-state index contributed by atoms with van der Waals surface area (Å²) in [5.74, 6) is -0.380. The lowest BCUT2D eigenvalue weighted by Crippen LogP contribution is -2.16. The van der Waals surface area contributed by atoms with Gasteiger partial charge in [-0.3, -0.25) is 10.1 Å². The van der Waals surface area contributed by atoms with E-state index in [0.717, 1.165) is 5.16 Å². The highest BCUT2D eigenvalue weighted by Gasteiger charge is 2.15. The van der Waals surface area contributed by atoms with E-state index in [9.17, 15) is 4.79 Å². The highest BCUT2D eigenvalue weighted by atomic mass is 32.2. The minimum absolute atomic E-state index is 0.175. The lowest BCUT2D eigenvalue weighted by Gasteiger charge is -2.07. The molecule has 3 aromatic heterocycles. The number of amides is 1. The van der Waals surface area contributed by atoms with Gasteiger partial charge in [-0.25, -0.2) is 15.0 Å². The van der Waals surface area contributed by atoms with E-state index in [2.05, 4.69) is 20.3 Å². The molecule has 7 nitrogen and oxygen atoms in total. The number of aryl methyl sites for hydroxylation is 1. The zero-order chi connectivity index (χ0) is 15.5. The number of pyridine rings is 1. The molecule has 0 saturated carbocycles. The molecule has 0 radical (unpaired) electrons. The lowest BCUT2D eigenvalue weighted by atomic mass is 10.3. The largest absolute Gasteiger partial charge is 0.397 e. The topological polar surface area (TPSA) is 98.7 Å². The normalized spacial score (nSPS) is 10.6. The molecule has 3 heterocycles. The Balaban J connectivity index is 1.83. The number of carbonyl (C=O) groups is 1.